The molecular weight excluding hydrogens is 502 g/mol. The first-order chi connectivity index (χ1) is 17.8. The summed E-state index contributed by atoms with van der Waals surface area (Å²) in [5, 5.41) is 2.80. The van der Waals surface area contributed by atoms with Gasteiger partial charge in [0.1, 0.15) is 30.6 Å². The van der Waals surface area contributed by atoms with Gasteiger partial charge in [-0.25, -0.2) is 13.6 Å². The zero-order chi connectivity index (χ0) is 26.4. The zero-order valence-corrected chi connectivity index (χ0v) is 20.1. The van der Waals surface area contributed by atoms with Crippen LogP contribution in [-0.4, -0.2) is 25.2 Å². The van der Waals surface area contributed by atoms with Crippen LogP contribution in [0.3, 0.4) is 0 Å². The quantitative estimate of drug-likeness (QED) is 0.253. The van der Waals surface area contributed by atoms with Crippen molar-refractivity contribution in [2.24, 2.45) is 5.73 Å². The Labute approximate surface area is 216 Å². The highest BCUT2D eigenvalue weighted by atomic mass is 35.5. The van der Waals surface area contributed by atoms with Gasteiger partial charge in [0.25, 0.3) is 5.91 Å². The Morgan fingerprint density at radius 2 is 1.59 bits per heavy atom. The van der Waals surface area contributed by atoms with Crippen molar-refractivity contribution in [2.75, 3.05) is 18.5 Å². The van der Waals surface area contributed by atoms with Gasteiger partial charge < -0.3 is 20.5 Å². The fourth-order valence-corrected chi connectivity index (χ4v) is 3.72. The summed E-state index contributed by atoms with van der Waals surface area (Å²) in [6, 6.07) is 22.1. The fraction of sp³-hybridized carbons (Fsp3) is 0.0714. The first-order valence-corrected chi connectivity index (χ1v) is 11.5. The molecule has 4 aromatic carbocycles. The fourth-order valence-electron chi connectivity index (χ4n) is 3.60. The SMILES string of the molecule is NC(=O)OCCOc1ccc(C(=O)Nc2cccc(-c3ccc(F)cc3)c2)cc1-c1ccc(Cl)c(F)c1. The molecule has 3 N–H and O–H groups in total. The number of carbonyl (C=O) groups is 2. The molecule has 0 aliphatic heterocycles. The van der Waals surface area contributed by atoms with Gasteiger partial charge in [-0.1, -0.05) is 41.9 Å². The minimum atomic E-state index is -0.931. The maximum atomic E-state index is 14.2. The largest absolute Gasteiger partial charge is 0.489 e. The molecule has 6 nitrogen and oxygen atoms in total. The maximum absolute atomic E-state index is 14.2. The molecule has 0 aliphatic carbocycles. The minimum Gasteiger partial charge on any atom is -0.489 e. The summed E-state index contributed by atoms with van der Waals surface area (Å²) in [6.45, 7) is -0.0931. The summed E-state index contributed by atoms with van der Waals surface area (Å²) in [5.41, 5.74) is 8.25. The topological polar surface area (TPSA) is 90.7 Å². The molecule has 0 radical (unpaired) electrons. The van der Waals surface area contributed by atoms with E-state index in [1.165, 1.54) is 24.3 Å². The van der Waals surface area contributed by atoms with Crippen molar-refractivity contribution in [1.29, 1.82) is 0 Å². The van der Waals surface area contributed by atoms with Gasteiger partial charge in [-0.2, -0.15) is 0 Å². The molecule has 37 heavy (non-hydrogen) atoms. The zero-order valence-electron chi connectivity index (χ0n) is 19.3. The molecule has 0 unspecified atom stereocenters. The van der Waals surface area contributed by atoms with Gasteiger partial charge in [-0.05, 0) is 71.3 Å². The molecule has 0 fully saturated rings. The highest BCUT2D eigenvalue weighted by Crippen LogP contribution is 2.33. The van der Waals surface area contributed by atoms with Crippen molar-refractivity contribution in [2.45, 2.75) is 0 Å². The standard InChI is InChI=1S/C28H21ClF2N2O4/c29-24-10-6-19(16-25(24)31)23-15-20(7-11-26(23)36-12-13-37-28(32)35)27(34)33-22-3-1-2-18(14-22)17-4-8-21(30)9-5-17/h1-11,14-16H,12-13H2,(H2,32,35)(H,33,34). The lowest BCUT2D eigenvalue weighted by molar-refractivity contribution is 0.102. The summed E-state index contributed by atoms with van der Waals surface area (Å²) in [4.78, 5) is 23.9. The average molecular weight is 523 g/mol. The van der Waals surface area contributed by atoms with Crippen LogP contribution >= 0.6 is 11.6 Å². The molecule has 0 bridgehead atoms. The number of primary amides is 1. The van der Waals surface area contributed by atoms with Crippen molar-refractivity contribution in [3.05, 3.63) is 107 Å². The van der Waals surface area contributed by atoms with E-state index >= 15 is 0 Å². The van der Waals surface area contributed by atoms with Gasteiger partial charge in [0, 0.05) is 16.8 Å². The number of nitrogens with two attached hydrogens (primary N) is 1. The van der Waals surface area contributed by atoms with Crippen LogP contribution in [0.5, 0.6) is 5.75 Å². The van der Waals surface area contributed by atoms with Crippen LogP contribution in [0.4, 0.5) is 19.3 Å². The predicted octanol–water partition coefficient (Wildman–Crippen LogP) is 6.68. The minimum absolute atomic E-state index is 0.00622. The molecule has 0 heterocycles. The van der Waals surface area contributed by atoms with E-state index in [1.807, 2.05) is 6.07 Å². The Kier molecular flexibility index (Phi) is 8.00. The second-order valence-electron chi connectivity index (χ2n) is 7.90. The second kappa shape index (κ2) is 11.5. The Morgan fingerprint density at radius 3 is 2.32 bits per heavy atom. The molecule has 9 heteroatoms. The maximum Gasteiger partial charge on any atom is 0.404 e. The van der Waals surface area contributed by atoms with Gasteiger partial charge in [0.05, 0.1) is 5.02 Å². The monoisotopic (exact) mass is 522 g/mol. The Bertz CT molecular complexity index is 1440. The summed E-state index contributed by atoms with van der Waals surface area (Å²) in [7, 11) is 0. The number of benzene rings is 4. The number of carbonyl (C=O) groups excluding carboxylic acids is 2. The highest BCUT2D eigenvalue weighted by molar-refractivity contribution is 6.30. The number of halogens is 3. The van der Waals surface area contributed by atoms with Crippen LogP contribution in [-0.2, 0) is 4.74 Å². The number of rotatable bonds is 8. The lowest BCUT2D eigenvalue weighted by Crippen LogP contribution is -2.17. The number of amides is 2. The molecule has 4 aromatic rings. The number of nitrogens with one attached hydrogen (secondary N) is 1. The summed E-state index contributed by atoms with van der Waals surface area (Å²) in [5.74, 6) is -1.03. The second-order valence-corrected chi connectivity index (χ2v) is 8.30. The van der Waals surface area contributed by atoms with Gasteiger partial charge in [0.2, 0.25) is 0 Å². The van der Waals surface area contributed by atoms with Gasteiger partial charge in [-0.3, -0.25) is 4.79 Å². The van der Waals surface area contributed by atoms with E-state index in [1.54, 1.807) is 54.6 Å². The molecule has 0 aliphatic rings. The summed E-state index contributed by atoms with van der Waals surface area (Å²) >= 11 is 5.83. The van der Waals surface area contributed by atoms with Crippen molar-refractivity contribution >= 4 is 29.3 Å². The number of anilines is 1. The average Bonchev–Trinajstić information content (AvgIpc) is 2.89. The molecule has 4 rings (SSSR count). The molecule has 0 atom stereocenters. The van der Waals surface area contributed by atoms with E-state index in [0.29, 0.717) is 28.1 Å². The van der Waals surface area contributed by atoms with Gasteiger partial charge in [0.15, 0.2) is 0 Å². The van der Waals surface area contributed by atoms with E-state index in [2.05, 4.69) is 10.1 Å². The molecule has 0 saturated carbocycles. The van der Waals surface area contributed by atoms with E-state index in [-0.39, 0.29) is 24.1 Å². The molecule has 2 amide bonds. The third-order valence-corrected chi connectivity index (χ3v) is 5.66. The van der Waals surface area contributed by atoms with Gasteiger partial charge in [-0.15, -0.1) is 0 Å². The first kappa shape index (κ1) is 25.7. The van der Waals surface area contributed by atoms with Gasteiger partial charge >= 0.3 is 6.09 Å². The van der Waals surface area contributed by atoms with Crippen molar-refractivity contribution in [3.8, 4) is 28.0 Å². The molecule has 188 valence electrons. The first-order valence-electron chi connectivity index (χ1n) is 11.1. The van der Waals surface area contributed by atoms with Crippen molar-refractivity contribution < 1.29 is 27.8 Å². The summed E-state index contributed by atoms with van der Waals surface area (Å²) < 4.78 is 37.8. The van der Waals surface area contributed by atoms with Crippen LogP contribution in [0.25, 0.3) is 22.3 Å². The number of hydrogen-bond donors (Lipinski definition) is 2. The van der Waals surface area contributed by atoms with Crippen LogP contribution in [0, 0.1) is 11.6 Å². The lowest BCUT2D eigenvalue weighted by Gasteiger charge is -2.14. The highest BCUT2D eigenvalue weighted by Gasteiger charge is 2.15. The smallest absolute Gasteiger partial charge is 0.404 e. The Hall–Kier alpha value is -4.43. The predicted molar refractivity (Wildman–Crippen MR) is 138 cm³/mol. The number of hydrogen-bond acceptors (Lipinski definition) is 4. The molecular formula is C28H21ClF2N2O4. The molecule has 0 saturated heterocycles. The number of ether oxygens (including phenoxy) is 2. The van der Waals surface area contributed by atoms with Crippen LogP contribution in [0.15, 0.2) is 84.9 Å². The van der Waals surface area contributed by atoms with E-state index in [9.17, 15) is 18.4 Å². The van der Waals surface area contributed by atoms with E-state index < -0.39 is 17.8 Å². The lowest BCUT2D eigenvalue weighted by atomic mass is 10.0. The molecule has 0 aromatic heterocycles. The van der Waals surface area contributed by atoms with Crippen LogP contribution in [0.1, 0.15) is 10.4 Å². The summed E-state index contributed by atoms with van der Waals surface area (Å²) in [6.07, 6.45) is -0.931. The third kappa shape index (κ3) is 6.62. The molecule has 0 spiro atoms. The normalized spacial score (nSPS) is 10.6. The van der Waals surface area contributed by atoms with Crippen molar-refractivity contribution in [1.82, 2.24) is 0 Å². The van der Waals surface area contributed by atoms with Crippen LogP contribution in [0.2, 0.25) is 5.02 Å². The van der Waals surface area contributed by atoms with Crippen LogP contribution < -0.4 is 15.8 Å². The van der Waals surface area contributed by atoms with E-state index in [4.69, 9.17) is 22.1 Å². The Balaban J connectivity index is 1.59. The van der Waals surface area contributed by atoms with E-state index in [0.717, 1.165) is 11.1 Å². The van der Waals surface area contributed by atoms with Crippen molar-refractivity contribution in [3.63, 3.8) is 0 Å². The third-order valence-electron chi connectivity index (χ3n) is 5.36. The Morgan fingerprint density at radius 1 is 0.838 bits per heavy atom.